The minimum atomic E-state index is -2.81. The Balaban J connectivity index is 0.00000150. The number of hydrogen-bond acceptors (Lipinski definition) is 2. The van der Waals surface area contributed by atoms with Crippen LogP contribution in [0.2, 0.25) is 0 Å². The molecule has 0 unspecified atom stereocenters. The maximum atomic E-state index is 5.77. The van der Waals surface area contributed by atoms with Crippen molar-refractivity contribution in [1.82, 2.24) is 4.98 Å². The average molecular weight is 793 g/mol. The summed E-state index contributed by atoms with van der Waals surface area (Å²) in [6.07, 6.45) is 0. The Kier molecular flexibility index (Phi) is 12.7. The molecule has 0 saturated carbocycles. The number of halogens is 2. The molecule has 0 atom stereocenters. The van der Waals surface area contributed by atoms with Crippen molar-refractivity contribution in [3.8, 4) is 0 Å². The van der Waals surface area contributed by atoms with E-state index in [1.54, 1.807) is 0 Å². The third-order valence-electron chi connectivity index (χ3n) is 9.29. The summed E-state index contributed by atoms with van der Waals surface area (Å²) >= 11 is 0.194. The van der Waals surface area contributed by atoms with Crippen LogP contribution in [0.1, 0.15) is 25.2 Å². The van der Waals surface area contributed by atoms with E-state index in [0.717, 1.165) is 22.8 Å². The molecule has 8 heteroatoms. The van der Waals surface area contributed by atoms with Crippen molar-refractivity contribution in [3.05, 3.63) is 206 Å². The Labute approximate surface area is 324 Å². The first-order chi connectivity index (χ1) is 25.5. The Bertz CT molecular complexity index is 1850. The molecule has 52 heavy (non-hydrogen) atoms. The van der Waals surface area contributed by atoms with Gasteiger partial charge in [0, 0.05) is 11.4 Å². The minimum absolute atomic E-state index is 0.194. The fourth-order valence-corrected chi connectivity index (χ4v) is 15.0. The third-order valence-corrected chi connectivity index (χ3v) is 17.6. The van der Waals surface area contributed by atoms with Gasteiger partial charge in [0.25, 0.3) is 16.5 Å². The standard InChI is InChI=1S/C44H39N3Si2.2ClH.Fe/c1-35(46-48(37-21-9-3-10-22-37,38-23-11-4-12-24-38)39-25-13-5-14-26-39)43-33-34-44(45-43)36(2)47-49(40-27-15-6-16-28-40,41-29-17-7-18-30-41)42-31-19-8-20-32-42;;;/h3-34,45H,1-2H3;2*1H;/q;;;+2/p-2/b46-35+,47-36+;;;. The second kappa shape index (κ2) is 17.8. The first kappa shape index (κ1) is 37.2. The van der Waals surface area contributed by atoms with Crippen LogP contribution < -0.4 is 31.1 Å². The molecule has 1 heterocycles. The van der Waals surface area contributed by atoms with E-state index >= 15 is 0 Å². The van der Waals surface area contributed by atoms with Crippen LogP contribution in [0.15, 0.2) is 203 Å². The van der Waals surface area contributed by atoms with E-state index in [1.165, 1.54) is 31.1 Å². The number of rotatable bonds is 10. The van der Waals surface area contributed by atoms with Crippen molar-refractivity contribution < 1.29 is 13.1 Å². The molecule has 7 aromatic rings. The van der Waals surface area contributed by atoms with Crippen LogP contribution in [0.4, 0.5) is 0 Å². The van der Waals surface area contributed by atoms with Crippen molar-refractivity contribution in [1.29, 1.82) is 0 Å². The van der Waals surface area contributed by atoms with Gasteiger partial charge in [-0.2, -0.15) is 0 Å². The molecule has 7 rings (SSSR count). The van der Waals surface area contributed by atoms with Crippen molar-refractivity contribution in [3.63, 3.8) is 0 Å². The Morgan fingerprint density at radius 3 is 0.769 bits per heavy atom. The van der Waals surface area contributed by atoms with Crippen LogP contribution in [0.25, 0.3) is 0 Å². The quantitative estimate of drug-likeness (QED) is 0.0857. The molecule has 0 saturated heterocycles. The van der Waals surface area contributed by atoms with Crippen molar-refractivity contribution in [2.75, 3.05) is 0 Å². The van der Waals surface area contributed by atoms with Crippen molar-refractivity contribution >= 4 is 79.2 Å². The van der Waals surface area contributed by atoms with Gasteiger partial charge in [0.05, 0.1) is 11.4 Å². The van der Waals surface area contributed by atoms with Gasteiger partial charge in [-0.05, 0) is 57.1 Å². The third kappa shape index (κ3) is 7.93. The van der Waals surface area contributed by atoms with Crippen LogP contribution in [0.5, 0.6) is 0 Å². The van der Waals surface area contributed by atoms with Crippen LogP contribution >= 0.6 is 20.2 Å². The van der Waals surface area contributed by atoms with Crippen molar-refractivity contribution in [2.45, 2.75) is 13.8 Å². The van der Waals surface area contributed by atoms with E-state index in [9.17, 15) is 0 Å². The summed E-state index contributed by atoms with van der Waals surface area (Å²) in [6.45, 7) is 4.27. The average Bonchev–Trinajstić information content (AvgIpc) is 3.73. The molecule has 0 aliphatic heterocycles. The number of benzene rings is 6. The predicted octanol–water partition coefficient (Wildman–Crippen LogP) is 7.34. The molecule has 0 bridgehead atoms. The first-order valence-corrected chi connectivity index (χ1v) is 24.0. The molecule has 6 aromatic carbocycles. The molecule has 0 radical (unpaired) electrons. The number of aromatic amines is 1. The zero-order valence-corrected chi connectivity index (χ0v) is 33.6. The van der Waals surface area contributed by atoms with Gasteiger partial charge in [0.15, 0.2) is 0 Å². The summed E-state index contributed by atoms with van der Waals surface area (Å²) in [5.74, 6) is 0. The zero-order valence-electron chi connectivity index (χ0n) is 29.0. The predicted molar refractivity (Wildman–Crippen MR) is 225 cm³/mol. The molecular formula is C44H39Cl2FeN3Si2. The van der Waals surface area contributed by atoms with Gasteiger partial charge >= 0.3 is 33.3 Å². The molecule has 0 spiro atoms. The molecule has 0 amide bonds. The second-order valence-electron chi connectivity index (χ2n) is 12.3. The van der Waals surface area contributed by atoms with Gasteiger partial charge in [0.1, 0.15) is 0 Å². The fourth-order valence-electron chi connectivity index (χ4n) is 6.90. The molecular weight excluding hydrogens is 753 g/mol. The molecule has 3 nitrogen and oxygen atoms in total. The van der Waals surface area contributed by atoms with Crippen LogP contribution in [-0.4, -0.2) is 32.9 Å². The van der Waals surface area contributed by atoms with E-state index < -0.39 is 16.5 Å². The van der Waals surface area contributed by atoms with E-state index in [4.69, 9.17) is 29.5 Å². The molecule has 1 N–H and O–H groups in total. The number of aromatic nitrogens is 1. The zero-order chi connectivity index (χ0) is 36.2. The molecule has 0 aliphatic carbocycles. The van der Waals surface area contributed by atoms with Crippen LogP contribution in [0, 0.1) is 0 Å². The van der Waals surface area contributed by atoms with Gasteiger partial charge in [-0.25, -0.2) is 0 Å². The molecule has 0 fully saturated rings. The monoisotopic (exact) mass is 791 g/mol. The van der Waals surface area contributed by atoms with E-state index in [1.807, 2.05) is 0 Å². The number of nitrogens with zero attached hydrogens (tertiary/aromatic N) is 2. The summed E-state index contributed by atoms with van der Waals surface area (Å²) in [7, 11) is 3.90. The van der Waals surface area contributed by atoms with Crippen molar-refractivity contribution in [2.24, 2.45) is 9.32 Å². The first-order valence-electron chi connectivity index (χ1n) is 17.0. The molecule has 0 aliphatic rings. The summed E-state index contributed by atoms with van der Waals surface area (Å²) in [4.78, 5) is 3.75. The number of H-pyrrole nitrogens is 1. The number of nitrogens with one attached hydrogen (secondary N) is 1. The van der Waals surface area contributed by atoms with Gasteiger partial charge in [-0.3, -0.25) is 0 Å². The second-order valence-corrected chi connectivity index (χ2v) is 20.9. The van der Waals surface area contributed by atoms with Gasteiger partial charge in [-0.15, -0.1) is 0 Å². The Hall–Kier alpha value is -4.53. The topological polar surface area (TPSA) is 40.5 Å². The number of hydrogen-bond donors (Lipinski definition) is 1. The van der Waals surface area contributed by atoms with E-state index in [0.29, 0.717) is 0 Å². The Morgan fingerprint density at radius 1 is 0.385 bits per heavy atom. The fraction of sp³-hybridized carbons (Fsp3) is 0.0455. The summed E-state index contributed by atoms with van der Waals surface area (Å²) < 4.78 is 11.5. The normalized spacial score (nSPS) is 12.2. The van der Waals surface area contributed by atoms with Crippen LogP contribution in [0.3, 0.4) is 0 Å². The van der Waals surface area contributed by atoms with E-state index in [-0.39, 0.29) is 13.1 Å². The summed E-state index contributed by atoms with van der Waals surface area (Å²) in [6, 6.07) is 69.2. The van der Waals surface area contributed by atoms with Crippen LogP contribution in [-0.2, 0) is 13.1 Å². The van der Waals surface area contributed by atoms with Gasteiger partial charge < -0.3 is 14.3 Å². The Morgan fingerprint density at radius 2 is 0.577 bits per heavy atom. The summed E-state index contributed by atoms with van der Waals surface area (Å²) in [5.41, 5.74) is 3.94. The van der Waals surface area contributed by atoms with E-state index in [2.05, 4.69) is 213 Å². The maximum absolute atomic E-state index is 5.77. The molecule has 1 aromatic heterocycles. The summed E-state index contributed by atoms with van der Waals surface area (Å²) in [5, 5.41) is 7.50. The molecule has 260 valence electrons. The van der Waals surface area contributed by atoms with Gasteiger partial charge in [0.2, 0.25) is 0 Å². The SMILES string of the molecule is C/C(=N\[Si](c1ccccc1)(c1ccccc1)c1ccccc1)c1ccc(/C(C)=N/[Si](c2ccccc2)(c2ccccc2)c2ccccc2)[nH]1.[Cl][Fe][Cl]. The van der Waals surface area contributed by atoms with Gasteiger partial charge in [-0.1, -0.05) is 182 Å².